The maximum atomic E-state index is 5.20. The zero-order valence-corrected chi connectivity index (χ0v) is 4.46. The Morgan fingerprint density at radius 2 is 2.29 bits per heavy atom. The highest BCUT2D eigenvalue weighted by Crippen LogP contribution is 1.71. The summed E-state index contributed by atoms with van der Waals surface area (Å²) in [6.45, 7) is 2.25. The van der Waals surface area contributed by atoms with Crippen molar-refractivity contribution in [3.8, 4) is 0 Å². The molecular formula is C4H11N3. The van der Waals surface area contributed by atoms with Gasteiger partial charge >= 0.3 is 0 Å². The Hall–Kier alpha value is -0.540. The lowest BCUT2D eigenvalue weighted by Gasteiger charge is -2.06. The highest BCUT2D eigenvalue weighted by atomic mass is 15.4. The van der Waals surface area contributed by atoms with Crippen molar-refractivity contribution in [3.05, 3.63) is 12.3 Å². The molecule has 0 heterocycles. The van der Waals surface area contributed by atoms with Gasteiger partial charge in [0.05, 0.1) is 6.67 Å². The van der Waals surface area contributed by atoms with E-state index in [9.17, 15) is 0 Å². The lowest BCUT2D eigenvalue weighted by atomic mass is 10.7. The van der Waals surface area contributed by atoms with Gasteiger partial charge in [0.25, 0.3) is 0 Å². The fraction of sp³-hybridized carbons (Fsp3) is 0.500. The smallest absolute Gasteiger partial charge is 0.0804 e. The van der Waals surface area contributed by atoms with Gasteiger partial charge in [0.15, 0.2) is 0 Å². The number of allylic oxidation sites excluding steroid dienone is 1. The summed E-state index contributed by atoms with van der Waals surface area (Å²) in [6, 6.07) is 0. The Morgan fingerprint density at radius 3 is 2.43 bits per heavy atom. The van der Waals surface area contributed by atoms with E-state index in [0.29, 0.717) is 6.67 Å². The molecule has 0 spiro atoms. The summed E-state index contributed by atoms with van der Waals surface area (Å²) in [5.74, 6) is 5.20. The Kier molecular flexibility index (Phi) is 3.36. The normalized spacial score (nSPS) is 10.1. The van der Waals surface area contributed by atoms with Gasteiger partial charge in [0.1, 0.15) is 0 Å². The monoisotopic (exact) mass is 101 g/mol. The molecule has 0 aliphatic rings. The predicted molar refractivity (Wildman–Crippen MR) is 29.9 cm³/mol. The lowest BCUT2D eigenvalue weighted by Crippen LogP contribution is -2.30. The minimum absolute atomic E-state index is 0.365. The first-order valence-electron chi connectivity index (χ1n) is 2.15. The molecule has 0 bridgehead atoms. The number of nitrogens with two attached hydrogens (primary N) is 2. The molecule has 0 aliphatic carbocycles. The van der Waals surface area contributed by atoms with E-state index in [-0.39, 0.29) is 0 Å². The molecule has 0 aliphatic heterocycles. The predicted octanol–water partition coefficient (Wildman–Crippen LogP) is -0.388. The van der Waals surface area contributed by atoms with Gasteiger partial charge in [0, 0.05) is 6.20 Å². The van der Waals surface area contributed by atoms with Gasteiger partial charge in [-0.05, 0) is 6.92 Å². The van der Waals surface area contributed by atoms with Crippen LogP contribution in [-0.4, -0.2) is 11.7 Å². The number of hydrogen-bond acceptors (Lipinski definition) is 3. The number of hydrazine groups is 1. The summed E-state index contributed by atoms with van der Waals surface area (Å²) in [7, 11) is 0. The average molecular weight is 101 g/mol. The maximum Gasteiger partial charge on any atom is 0.0804 e. The van der Waals surface area contributed by atoms with E-state index in [4.69, 9.17) is 11.6 Å². The highest BCUT2D eigenvalue weighted by molar-refractivity contribution is 4.72. The van der Waals surface area contributed by atoms with E-state index in [2.05, 4.69) is 0 Å². The standard InChI is InChI=1S/C4H11N3/c1-2-3-7(6)4-5/h2-3H,4-6H2,1H3/b3-2-. The molecule has 0 fully saturated rings. The first kappa shape index (κ1) is 6.46. The largest absolute Gasteiger partial charge is 0.313 e. The summed E-state index contributed by atoms with van der Waals surface area (Å²) in [5, 5.41) is 1.40. The number of rotatable bonds is 2. The fourth-order valence-corrected chi connectivity index (χ4v) is 0.252. The zero-order chi connectivity index (χ0) is 5.70. The minimum Gasteiger partial charge on any atom is -0.313 e. The van der Waals surface area contributed by atoms with Crippen molar-refractivity contribution in [2.45, 2.75) is 6.92 Å². The fourth-order valence-electron chi connectivity index (χ4n) is 0.252. The Morgan fingerprint density at radius 1 is 1.71 bits per heavy atom. The van der Waals surface area contributed by atoms with Crippen LogP contribution in [-0.2, 0) is 0 Å². The maximum absolute atomic E-state index is 5.20. The zero-order valence-electron chi connectivity index (χ0n) is 4.46. The third-order valence-electron chi connectivity index (χ3n) is 0.551. The second kappa shape index (κ2) is 3.64. The van der Waals surface area contributed by atoms with Gasteiger partial charge < -0.3 is 10.7 Å². The minimum atomic E-state index is 0.365. The SMILES string of the molecule is C/C=C\N(N)CN. The third-order valence-corrected chi connectivity index (χ3v) is 0.551. The van der Waals surface area contributed by atoms with E-state index in [1.165, 1.54) is 5.01 Å². The molecule has 0 unspecified atom stereocenters. The molecular weight excluding hydrogens is 90.1 g/mol. The van der Waals surface area contributed by atoms with Crippen LogP contribution < -0.4 is 11.6 Å². The van der Waals surface area contributed by atoms with Gasteiger partial charge in [-0.25, -0.2) is 5.84 Å². The second-order valence-corrected chi connectivity index (χ2v) is 1.18. The van der Waals surface area contributed by atoms with Crippen LogP contribution in [0.3, 0.4) is 0 Å². The molecule has 0 atom stereocenters. The van der Waals surface area contributed by atoms with Crippen LogP contribution in [0.25, 0.3) is 0 Å². The van der Waals surface area contributed by atoms with Crippen molar-refractivity contribution in [1.29, 1.82) is 0 Å². The highest BCUT2D eigenvalue weighted by Gasteiger charge is 1.77. The van der Waals surface area contributed by atoms with Gasteiger partial charge in [0.2, 0.25) is 0 Å². The first-order valence-corrected chi connectivity index (χ1v) is 2.15. The molecule has 0 aromatic heterocycles. The molecule has 7 heavy (non-hydrogen) atoms. The van der Waals surface area contributed by atoms with E-state index >= 15 is 0 Å². The van der Waals surface area contributed by atoms with Crippen LogP contribution in [0.15, 0.2) is 12.3 Å². The van der Waals surface area contributed by atoms with Crippen molar-refractivity contribution in [2.75, 3.05) is 6.67 Å². The average Bonchev–Trinajstić information content (AvgIpc) is 1.68. The summed E-state index contributed by atoms with van der Waals surface area (Å²) in [4.78, 5) is 0. The van der Waals surface area contributed by atoms with Gasteiger partial charge in [-0.15, -0.1) is 0 Å². The summed E-state index contributed by atoms with van der Waals surface area (Å²) in [5.41, 5.74) is 5.11. The van der Waals surface area contributed by atoms with Crippen molar-refractivity contribution in [1.82, 2.24) is 5.01 Å². The second-order valence-electron chi connectivity index (χ2n) is 1.18. The topological polar surface area (TPSA) is 55.3 Å². The molecule has 3 nitrogen and oxygen atoms in total. The summed E-state index contributed by atoms with van der Waals surface area (Å²) < 4.78 is 0. The van der Waals surface area contributed by atoms with Crippen LogP contribution >= 0.6 is 0 Å². The van der Waals surface area contributed by atoms with E-state index < -0.39 is 0 Å². The van der Waals surface area contributed by atoms with Crippen molar-refractivity contribution >= 4 is 0 Å². The van der Waals surface area contributed by atoms with E-state index in [1.807, 2.05) is 13.0 Å². The Labute approximate surface area is 43.6 Å². The molecule has 0 aromatic rings. The molecule has 3 heteroatoms. The van der Waals surface area contributed by atoms with E-state index in [0.717, 1.165) is 0 Å². The van der Waals surface area contributed by atoms with Crippen molar-refractivity contribution in [3.63, 3.8) is 0 Å². The molecule has 0 amide bonds. The third kappa shape index (κ3) is 3.29. The molecule has 0 saturated heterocycles. The van der Waals surface area contributed by atoms with Crippen molar-refractivity contribution < 1.29 is 0 Å². The van der Waals surface area contributed by atoms with Gasteiger partial charge in [-0.2, -0.15) is 0 Å². The lowest BCUT2D eigenvalue weighted by molar-refractivity contribution is 0.406. The first-order chi connectivity index (χ1) is 3.31. The molecule has 0 aromatic carbocycles. The molecule has 0 radical (unpaired) electrons. The van der Waals surface area contributed by atoms with Crippen LogP contribution in [0.4, 0.5) is 0 Å². The molecule has 0 rings (SSSR count). The molecule has 42 valence electrons. The Balaban J connectivity index is 3.16. The quantitative estimate of drug-likeness (QED) is 0.283. The number of hydrogen-bond donors (Lipinski definition) is 2. The molecule has 0 saturated carbocycles. The molecule has 4 N–H and O–H groups in total. The van der Waals surface area contributed by atoms with Crippen LogP contribution in [0.1, 0.15) is 6.92 Å². The Bertz CT molecular complexity index is 60.0. The van der Waals surface area contributed by atoms with Crippen LogP contribution in [0.2, 0.25) is 0 Å². The van der Waals surface area contributed by atoms with Gasteiger partial charge in [-0.1, -0.05) is 6.08 Å². The van der Waals surface area contributed by atoms with E-state index in [1.54, 1.807) is 6.20 Å². The van der Waals surface area contributed by atoms with Crippen LogP contribution in [0, 0.1) is 0 Å². The number of nitrogens with zero attached hydrogens (tertiary/aromatic N) is 1. The summed E-state index contributed by atoms with van der Waals surface area (Å²) >= 11 is 0. The van der Waals surface area contributed by atoms with Crippen LogP contribution in [0.5, 0.6) is 0 Å². The summed E-state index contributed by atoms with van der Waals surface area (Å²) in [6.07, 6.45) is 3.53. The van der Waals surface area contributed by atoms with Crippen molar-refractivity contribution in [2.24, 2.45) is 11.6 Å². The van der Waals surface area contributed by atoms with Gasteiger partial charge in [-0.3, -0.25) is 0 Å².